The van der Waals surface area contributed by atoms with E-state index in [1.54, 1.807) is 0 Å². The zero-order chi connectivity index (χ0) is 15.2. The average Bonchev–Trinajstić information content (AvgIpc) is 2.39. The van der Waals surface area contributed by atoms with Crippen molar-refractivity contribution in [3.63, 3.8) is 0 Å². The number of aliphatic hydroxyl groups is 1. The predicted molar refractivity (Wildman–Crippen MR) is 87.0 cm³/mol. The summed E-state index contributed by atoms with van der Waals surface area (Å²) in [5.41, 5.74) is 0.256. The van der Waals surface area contributed by atoms with Crippen LogP contribution in [0.15, 0.2) is 0 Å². The quantitative estimate of drug-likeness (QED) is 0.673. The van der Waals surface area contributed by atoms with E-state index in [1.165, 1.54) is 32.1 Å². The van der Waals surface area contributed by atoms with E-state index in [0.29, 0.717) is 5.41 Å². The van der Waals surface area contributed by atoms with E-state index in [1.807, 2.05) is 0 Å². The minimum atomic E-state index is -0.127. The standard InChI is InChI=1S/C17H36N2O/c1-6-10-18-12-17(9-7-8-15(2)11-17)13-19(5)16(3,4)14-20/h15,18,20H,6-14H2,1-5H3. The minimum absolute atomic E-state index is 0.127. The first-order chi connectivity index (χ1) is 9.35. The number of nitrogens with one attached hydrogen (secondary N) is 1. The Kier molecular flexibility index (Phi) is 6.96. The summed E-state index contributed by atoms with van der Waals surface area (Å²) in [7, 11) is 2.16. The van der Waals surface area contributed by atoms with Crippen LogP contribution in [-0.2, 0) is 0 Å². The molecule has 0 radical (unpaired) electrons. The molecule has 1 rings (SSSR count). The molecule has 1 aliphatic rings. The van der Waals surface area contributed by atoms with Crippen LogP contribution in [0.25, 0.3) is 0 Å². The second-order valence-electron chi connectivity index (χ2n) is 7.70. The molecule has 2 atom stereocenters. The van der Waals surface area contributed by atoms with Crippen LogP contribution in [0.5, 0.6) is 0 Å². The Labute approximate surface area is 126 Å². The van der Waals surface area contributed by atoms with Crippen LogP contribution < -0.4 is 5.32 Å². The summed E-state index contributed by atoms with van der Waals surface area (Å²) in [5.74, 6) is 0.831. The van der Waals surface area contributed by atoms with Gasteiger partial charge in [-0.1, -0.05) is 26.7 Å². The van der Waals surface area contributed by atoms with Gasteiger partial charge in [-0.05, 0) is 58.0 Å². The van der Waals surface area contributed by atoms with E-state index in [0.717, 1.165) is 25.6 Å². The maximum Gasteiger partial charge on any atom is 0.0609 e. The third-order valence-electron chi connectivity index (χ3n) is 5.11. The van der Waals surface area contributed by atoms with Crippen LogP contribution in [0.4, 0.5) is 0 Å². The van der Waals surface area contributed by atoms with E-state index >= 15 is 0 Å². The molecule has 0 heterocycles. The number of likely N-dealkylation sites (N-methyl/N-ethyl adjacent to an activating group) is 1. The summed E-state index contributed by atoms with van der Waals surface area (Å²) in [4.78, 5) is 2.36. The smallest absolute Gasteiger partial charge is 0.0609 e. The zero-order valence-electron chi connectivity index (χ0n) is 14.3. The van der Waals surface area contributed by atoms with Crippen LogP contribution >= 0.6 is 0 Å². The molecule has 20 heavy (non-hydrogen) atoms. The van der Waals surface area contributed by atoms with Gasteiger partial charge < -0.3 is 10.4 Å². The van der Waals surface area contributed by atoms with Crippen LogP contribution in [0.3, 0.4) is 0 Å². The Morgan fingerprint density at radius 1 is 1.40 bits per heavy atom. The first kappa shape index (κ1) is 17.9. The van der Waals surface area contributed by atoms with Gasteiger partial charge in [-0.3, -0.25) is 4.90 Å². The van der Waals surface area contributed by atoms with E-state index in [2.05, 4.69) is 45.0 Å². The largest absolute Gasteiger partial charge is 0.394 e. The Morgan fingerprint density at radius 3 is 2.65 bits per heavy atom. The minimum Gasteiger partial charge on any atom is -0.394 e. The first-order valence-electron chi connectivity index (χ1n) is 8.38. The van der Waals surface area contributed by atoms with Crippen molar-refractivity contribution in [2.45, 2.75) is 65.3 Å². The van der Waals surface area contributed by atoms with Crippen molar-refractivity contribution in [1.29, 1.82) is 0 Å². The predicted octanol–water partition coefficient (Wildman–Crippen LogP) is 2.89. The molecule has 0 bridgehead atoms. The van der Waals surface area contributed by atoms with Gasteiger partial charge in [-0.25, -0.2) is 0 Å². The molecule has 0 aliphatic heterocycles. The third-order valence-corrected chi connectivity index (χ3v) is 5.11. The summed E-state index contributed by atoms with van der Waals surface area (Å²) in [6.07, 6.45) is 6.56. The Morgan fingerprint density at radius 2 is 2.10 bits per heavy atom. The van der Waals surface area contributed by atoms with Crippen molar-refractivity contribution in [3.8, 4) is 0 Å². The topological polar surface area (TPSA) is 35.5 Å². The second kappa shape index (κ2) is 7.77. The lowest BCUT2D eigenvalue weighted by molar-refractivity contribution is 0.0175. The van der Waals surface area contributed by atoms with E-state index in [4.69, 9.17) is 0 Å². The van der Waals surface area contributed by atoms with Crippen LogP contribution in [0, 0.1) is 11.3 Å². The molecule has 120 valence electrons. The van der Waals surface area contributed by atoms with Crippen LogP contribution in [0.1, 0.15) is 59.8 Å². The molecule has 1 saturated carbocycles. The highest BCUT2D eigenvalue weighted by molar-refractivity contribution is 4.92. The highest BCUT2D eigenvalue weighted by Crippen LogP contribution is 2.40. The number of hydrogen-bond donors (Lipinski definition) is 2. The normalized spacial score (nSPS) is 28.1. The lowest BCUT2D eigenvalue weighted by Gasteiger charge is -2.46. The summed E-state index contributed by atoms with van der Waals surface area (Å²) < 4.78 is 0. The van der Waals surface area contributed by atoms with Gasteiger partial charge in [-0.15, -0.1) is 0 Å². The fourth-order valence-electron chi connectivity index (χ4n) is 3.50. The van der Waals surface area contributed by atoms with Crippen molar-refractivity contribution >= 4 is 0 Å². The molecular weight excluding hydrogens is 248 g/mol. The number of hydrogen-bond acceptors (Lipinski definition) is 3. The van der Waals surface area contributed by atoms with Crippen LogP contribution in [0.2, 0.25) is 0 Å². The van der Waals surface area contributed by atoms with E-state index < -0.39 is 0 Å². The van der Waals surface area contributed by atoms with Gasteiger partial charge in [0.2, 0.25) is 0 Å². The van der Waals surface area contributed by atoms with Gasteiger partial charge in [0.1, 0.15) is 0 Å². The fourth-order valence-corrected chi connectivity index (χ4v) is 3.50. The number of rotatable bonds is 8. The molecule has 0 aromatic rings. The molecular formula is C17H36N2O. The molecule has 0 saturated heterocycles. The van der Waals surface area contributed by atoms with Crippen molar-refractivity contribution in [1.82, 2.24) is 10.2 Å². The monoisotopic (exact) mass is 284 g/mol. The van der Waals surface area contributed by atoms with Gasteiger partial charge in [-0.2, -0.15) is 0 Å². The Balaban J connectivity index is 2.71. The SMILES string of the molecule is CCCNCC1(CN(C)C(C)(C)CO)CCCC(C)C1. The number of aliphatic hydroxyl groups excluding tert-OH is 1. The van der Waals surface area contributed by atoms with E-state index in [-0.39, 0.29) is 12.1 Å². The highest BCUT2D eigenvalue weighted by atomic mass is 16.3. The van der Waals surface area contributed by atoms with Crippen LogP contribution in [-0.4, -0.2) is 48.8 Å². The van der Waals surface area contributed by atoms with Gasteiger partial charge in [0, 0.05) is 18.6 Å². The molecule has 3 heteroatoms. The number of nitrogens with zero attached hydrogens (tertiary/aromatic N) is 1. The van der Waals surface area contributed by atoms with Crippen molar-refractivity contribution < 1.29 is 5.11 Å². The van der Waals surface area contributed by atoms with Gasteiger partial charge >= 0.3 is 0 Å². The average molecular weight is 284 g/mol. The molecule has 1 fully saturated rings. The third kappa shape index (κ3) is 5.01. The maximum atomic E-state index is 9.59. The summed E-state index contributed by atoms with van der Waals surface area (Å²) in [6, 6.07) is 0. The summed E-state index contributed by atoms with van der Waals surface area (Å²) >= 11 is 0. The van der Waals surface area contributed by atoms with Crippen molar-refractivity contribution in [2.24, 2.45) is 11.3 Å². The van der Waals surface area contributed by atoms with Gasteiger partial charge in [0.05, 0.1) is 6.61 Å². The molecule has 0 aromatic carbocycles. The Bertz CT molecular complexity index is 280. The van der Waals surface area contributed by atoms with Crippen molar-refractivity contribution in [3.05, 3.63) is 0 Å². The lowest BCUT2D eigenvalue weighted by Crippen LogP contribution is -2.53. The fraction of sp³-hybridized carbons (Fsp3) is 1.00. The Hall–Kier alpha value is -0.120. The van der Waals surface area contributed by atoms with Crippen molar-refractivity contribution in [2.75, 3.05) is 33.3 Å². The maximum absolute atomic E-state index is 9.59. The second-order valence-corrected chi connectivity index (χ2v) is 7.70. The lowest BCUT2D eigenvalue weighted by atomic mass is 9.69. The summed E-state index contributed by atoms with van der Waals surface area (Å²) in [6.45, 7) is 12.4. The molecule has 3 nitrogen and oxygen atoms in total. The molecule has 2 N–H and O–H groups in total. The molecule has 0 aromatic heterocycles. The molecule has 0 amide bonds. The highest BCUT2D eigenvalue weighted by Gasteiger charge is 2.38. The van der Waals surface area contributed by atoms with E-state index in [9.17, 15) is 5.11 Å². The van der Waals surface area contributed by atoms with Gasteiger partial charge in [0.25, 0.3) is 0 Å². The first-order valence-corrected chi connectivity index (χ1v) is 8.38. The zero-order valence-corrected chi connectivity index (χ0v) is 14.3. The molecule has 1 aliphatic carbocycles. The molecule has 0 spiro atoms. The molecule has 2 unspecified atom stereocenters. The van der Waals surface area contributed by atoms with Gasteiger partial charge in [0.15, 0.2) is 0 Å². The summed E-state index contributed by atoms with van der Waals surface area (Å²) in [5, 5.41) is 13.2.